The van der Waals surface area contributed by atoms with Gasteiger partial charge in [0.2, 0.25) is 11.8 Å². The van der Waals surface area contributed by atoms with Crippen molar-refractivity contribution in [1.82, 2.24) is 20.6 Å². The number of aryl methyl sites for hydroxylation is 1. The molecule has 0 aliphatic heterocycles. The number of alkyl halides is 3. The molecule has 1 unspecified atom stereocenters. The van der Waals surface area contributed by atoms with Crippen LogP contribution in [0.1, 0.15) is 41.9 Å². The van der Waals surface area contributed by atoms with E-state index in [4.69, 9.17) is 17.3 Å². The van der Waals surface area contributed by atoms with Crippen LogP contribution in [0.2, 0.25) is 5.02 Å². The van der Waals surface area contributed by atoms with Crippen molar-refractivity contribution < 1.29 is 32.3 Å². The van der Waals surface area contributed by atoms with Gasteiger partial charge in [-0.3, -0.25) is 24.2 Å². The van der Waals surface area contributed by atoms with E-state index >= 15 is 0 Å². The maximum absolute atomic E-state index is 13.0. The second kappa shape index (κ2) is 16.2. The molecular weight excluding hydrogens is 575 g/mol. The van der Waals surface area contributed by atoms with Crippen molar-refractivity contribution in [3.63, 3.8) is 0 Å². The van der Waals surface area contributed by atoms with Gasteiger partial charge in [-0.1, -0.05) is 67.9 Å². The summed E-state index contributed by atoms with van der Waals surface area (Å²) in [5, 5.41) is 5.32. The molecule has 0 fully saturated rings. The molecule has 0 saturated carbocycles. The number of carbonyl (C=O) groups is 4. The molecule has 42 heavy (non-hydrogen) atoms. The fraction of sp³-hybridized carbons (Fsp3) is 0.310. The average molecular weight is 606 g/mol. The number of hydrogen-bond donors (Lipinski definition) is 3. The number of Topliss-reactive ketones (excluding diaryl/α,β-unsaturated/α-hetero) is 1. The SMILES string of the molecule is CC(C)[C@H](NC(=O)C(Cc1ccccc1)NC(=O)CCc1cccc(Cl)c1)C(=O)C(F)(F)F.NC(=O)c1cnccn1. The molecule has 3 amide bonds. The number of amides is 3. The van der Waals surface area contributed by atoms with Crippen LogP contribution >= 0.6 is 11.6 Å². The Morgan fingerprint density at radius 3 is 2.14 bits per heavy atom. The van der Waals surface area contributed by atoms with E-state index in [2.05, 4.69) is 20.6 Å². The summed E-state index contributed by atoms with van der Waals surface area (Å²) >= 11 is 5.95. The van der Waals surface area contributed by atoms with Gasteiger partial charge >= 0.3 is 6.18 Å². The number of carbonyl (C=O) groups excluding carboxylic acids is 4. The first-order valence-corrected chi connectivity index (χ1v) is 13.2. The maximum Gasteiger partial charge on any atom is 0.452 e. The monoisotopic (exact) mass is 605 g/mol. The van der Waals surface area contributed by atoms with E-state index in [0.29, 0.717) is 17.0 Å². The Morgan fingerprint density at radius 1 is 0.952 bits per heavy atom. The van der Waals surface area contributed by atoms with Crippen molar-refractivity contribution in [2.24, 2.45) is 11.7 Å². The van der Waals surface area contributed by atoms with E-state index < -0.39 is 47.7 Å². The molecule has 2 aromatic carbocycles. The van der Waals surface area contributed by atoms with E-state index in [-0.39, 0.29) is 18.5 Å². The minimum atomic E-state index is -5.09. The highest BCUT2D eigenvalue weighted by molar-refractivity contribution is 6.30. The molecule has 0 aliphatic carbocycles. The predicted molar refractivity (Wildman–Crippen MR) is 150 cm³/mol. The largest absolute Gasteiger partial charge is 0.452 e. The molecule has 3 aromatic rings. The van der Waals surface area contributed by atoms with E-state index in [0.717, 1.165) is 5.56 Å². The van der Waals surface area contributed by atoms with Gasteiger partial charge in [-0.05, 0) is 35.6 Å². The molecule has 2 atom stereocenters. The molecule has 0 bridgehead atoms. The van der Waals surface area contributed by atoms with Crippen LogP contribution in [0.5, 0.6) is 0 Å². The van der Waals surface area contributed by atoms with Gasteiger partial charge in [-0.25, -0.2) is 4.98 Å². The number of ketones is 1. The number of nitrogens with two attached hydrogens (primary N) is 1. The van der Waals surface area contributed by atoms with Crippen LogP contribution in [-0.2, 0) is 27.2 Å². The molecular formula is C29H31ClF3N5O4. The zero-order chi connectivity index (χ0) is 31.3. The summed E-state index contributed by atoms with van der Waals surface area (Å²) < 4.78 is 38.9. The highest BCUT2D eigenvalue weighted by Gasteiger charge is 2.45. The standard InChI is InChI=1S/C24H26ClF3N2O3.C5H5N3O/c1-15(2)21(22(32)24(26,27)28)30-23(33)19(14-16-7-4-3-5-8-16)29-20(31)12-11-17-9-6-10-18(25)13-17;6-5(9)4-3-7-1-2-8-4/h3-10,13,15,19,21H,11-12,14H2,1-2H3,(H,29,31)(H,30,33);1-3H,(H2,6,9)/t19?,21-;/m0./s1. The lowest BCUT2D eigenvalue weighted by Gasteiger charge is -2.25. The summed E-state index contributed by atoms with van der Waals surface area (Å²) in [4.78, 5) is 54.8. The number of benzene rings is 2. The predicted octanol–water partition coefficient (Wildman–Crippen LogP) is 3.85. The number of primary amides is 1. The summed E-state index contributed by atoms with van der Waals surface area (Å²) in [6, 6.07) is 12.8. The third-order valence-corrected chi connectivity index (χ3v) is 6.04. The number of halogens is 4. The summed E-state index contributed by atoms with van der Waals surface area (Å²) in [6.45, 7) is 2.81. The molecule has 4 N–H and O–H groups in total. The minimum Gasteiger partial charge on any atom is -0.364 e. The van der Waals surface area contributed by atoms with Crippen molar-refractivity contribution in [3.05, 3.63) is 95.0 Å². The van der Waals surface area contributed by atoms with Crippen LogP contribution in [0.15, 0.2) is 73.2 Å². The summed E-state index contributed by atoms with van der Waals surface area (Å²) in [5.74, 6) is -4.68. The van der Waals surface area contributed by atoms with Crippen molar-refractivity contribution in [3.8, 4) is 0 Å². The molecule has 224 valence electrons. The Morgan fingerprint density at radius 2 is 1.62 bits per heavy atom. The highest BCUT2D eigenvalue weighted by Crippen LogP contribution is 2.21. The first-order valence-electron chi connectivity index (χ1n) is 12.8. The number of hydrogen-bond acceptors (Lipinski definition) is 6. The van der Waals surface area contributed by atoms with Gasteiger partial charge in [-0.15, -0.1) is 0 Å². The number of aromatic nitrogens is 2. The zero-order valence-corrected chi connectivity index (χ0v) is 23.7. The fourth-order valence-electron chi connectivity index (χ4n) is 3.67. The van der Waals surface area contributed by atoms with E-state index in [9.17, 15) is 32.3 Å². The quantitative estimate of drug-likeness (QED) is 0.303. The van der Waals surface area contributed by atoms with Crippen LogP contribution in [-0.4, -0.2) is 51.7 Å². The molecule has 3 rings (SSSR count). The molecule has 0 radical (unpaired) electrons. The van der Waals surface area contributed by atoms with Gasteiger partial charge in [0.1, 0.15) is 11.7 Å². The maximum atomic E-state index is 13.0. The van der Waals surface area contributed by atoms with E-state index in [1.165, 1.54) is 32.4 Å². The van der Waals surface area contributed by atoms with E-state index in [1.54, 1.807) is 48.5 Å². The molecule has 1 heterocycles. The molecule has 13 heteroatoms. The van der Waals surface area contributed by atoms with Gasteiger partial charge in [0, 0.05) is 30.3 Å². The van der Waals surface area contributed by atoms with Gasteiger partial charge in [0.25, 0.3) is 11.7 Å². The smallest absolute Gasteiger partial charge is 0.364 e. The number of rotatable bonds is 11. The Bertz CT molecular complexity index is 1340. The van der Waals surface area contributed by atoms with Gasteiger partial charge in [0.05, 0.1) is 12.2 Å². The summed E-state index contributed by atoms with van der Waals surface area (Å²) in [5.41, 5.74) is 6.60. The molecule has 0 spiro atoms. The van der Waals surface area contributed by atoms with Crippen molar-refractivity contribution in [2.75, 3.05) is 0 Å². The first kappa shape index (κ1) is 33.9. The normalized spacial score (nSPS) is 12.4. The lowest BCUT2D eigenvalue weighted by Crippen LogP contribution is -2.56. The Kier molecular flexibility index (Phi) is 13.1. The second-order valence-electron chi connectivity index (χ2n) is 9.49. The highest BCUT2D eigenvalue weighted by atomic mass is 35.5. The van der Waals surface area contributed by atoms with Gasteiger partial charge in [-0.2, -0.15) is 13.2 Å². The Labute approximate surface area is 246 Å². The summed E-state index contributed by atoms with van der Waals surface area (Å²) in [7, 11) is 0. The van der Waals surface area contributed by atoms with Crippen LogP contribution < -0.4 is 16.4 Å². The zero-order valence-electron chi connectivity index (χ0n) is 22.9. The first-order chi connectivity index (χ1) is 19.8. The molecule has 9 nitrogen and oxygen atoms in total. The lowest BCUT2D eigenvalue weighted by atomic mass is 9.98. The van der Waals surface area contributed by atoms with E-state index in [1.807, 2.05) is 6.07 Å². The summed E-state index contributed by atoms with van der Waals surface area (Å²) in [6.07, 6.45) is -0.395. The minimum absolute atomic E-state index is 0.0496. The van der Waals surface area contributed by atoms with Gasteiger partial charge < -0.3 is 16.4 Å². The number of nitrogens with zero attached hydrogens (tertiary/aromatic N) is 2. The second-order valence-corrected chi connectivity index (χ2v) is 9.92. The van der Waals surface area contributed by atoms with Crippen molar-refractivity contribution in [2.45, 2.75) is 51.4 Å². The Balaban J connectivity index is 0.000000581. The Hall–Kier alpha value is -4.32. The molecule has 0 aliphatic rings. The average Bonchev–Trinajstić information content (AvgIpc) is 2.94. The van der Waals surface area contributed by atoms with Crippen LogP contribution in [0, 0.1) is 5.92 Å². The van der Waals surface area contributed by atoms with Gasteiger partial charge in [0.15, 0.2) is 0 Å². The van der Waals surface area contributed by atoms with Crippen molar-refractivity contribution in [1.29, 1.82) is 0 Å². The third kappa shape index (κ3) is 11.7. The lowest BCUT2D eigenvalue weighted by molar-refractivity contribution is -0.175. The van der Waals surface area contributed by atoms with Crippen LogP contribution in [0.4, 0.5) is 13.2 Å². The molecule has 0 saturated heterocycles. The van der Waals surface area contributed by atoms with Crippen molar-refractivity contribution >= 4 is 35.1 Å². The number of nitrogens with one attached hydrogen (secondary N) is 2. The molecule has 1 aromatic heterocycles. The fourth-order valence-corrected chi connectivity index (χ4v) is 3.88. The van der Waals surface area contributed by atoms with Crippen LogP contribution in [0.25, 0.3) is 0 Å². The third-order valence-electron chi connectivity index (χ3n) is 5.81. The topological polar surface area (TPSA) is 144 Å². The van der Waals surface area contributed by atoms with Crippen LogP contribution in [0.3, 0.4) is 0 Å².